The summed E-state index contributed by atoms with van der Waals surface area (Å²) in [5.74, 6) is -0.0303. The van der Waals surface area contributed by atoms with Crippen LogP contribution >= 0.6 is 15.9 Å². The van der Waals surface area contributed by atoms with E-state index < -0.39 is 0 Å². The first-order valence-electron chi connectivity index (χ1n) is 6.95. The Balaban J connectivity index is 2.09. The van der Waals surface area contributed by atoms with Gasteiger partial charge in [0.05, 0.1) is 0 Å². The Labute approximate surface area is 128 Å². The van der Waals surface area contributed by atoms with Crippen molar-refractivity contribution in [1.29, 1.82) is 0 Å². The number of likely N-dealkylation sites (tertiary alicyclic amines) is 1. The van der Waals surface area contributed by atoms with Gasteiger partial charge in [-0.15, -0.1) is 0 Å². The second-order valence-corrected chi connectivity index (χ2v) is 6.61. The number of nitrogen functional groups attached to an aromatic ring is 1. The lowest BCUT2D eigenvalue weighted by Gasteiger charge is -2.35. The molecule has 0 radical (unpaired) electrons. The third kappa shape index (κ3) is 3.33. The topological polar surface area (TPSA) is 58.4 Å². The molecule has 0 aromatic heterocycles. The first-order chi connectivity index (χ1) is 9.38. The molecule has 1 aliphatic heterocycles. The van der Waals surface area contributed by atoms with Crippen molar-refractivity contribution in [1.82, 2.24) is 10.2 Å². The maximum Gasteiger partial charge on any atom is 0.251 e. The van der Waals surface area contributed by atoms with E-state index in [2.05, 4.69) is 40.1 Å². The van der Waals surface area contributed by atoms with Crippen LogP contribution in [0.25, 0.3) is 0 Å². The number of nitrogens with one attached hydrogen (secondary N) is 1. The van der Waals surface area contributed by atoms with E-state index in [1.54, 1.807) is 0 Å². The van der Waals surface area contributed by atoms with Gasteiger partial charge in [0.15, 0.2) is 0 Å². The van der Waals surface area contributed by atoms with Crippen LogP contribution in [-0.2, 0) is 0 Å². The molecule has 4 nitrogen and oxygen atoms in total. The van der Waals surface area contributed by atoms with E-state index >= 15 is 0 Å². The largest absolute Gasteiger partial charge is 0.398 e. The minimum Gasteiger partial charge on any atom is -0.398 e. The number of carbonyl (C=O) groups is 1. The van der Waals surface area contributed by atoms with E-state index in [1.807, 2.05) is 19.1 Å². The van der Waals surface area contributed by atoms with Crippen molar-refractivity contribution in [3.05, 3.63) is 27.7 Å². The second kappa shape index (κ2) is 6.14. The van der Waals surface area contributed by atoms with Gasteiger partial charge in [0.25, 0.3) is 5.91 Å². The third-order valence-electron chi connectivity index (χ3n) is 4.20. The Morgan fingerprint density at radius 3 is 2.85 bits per heavy atom. The van der Waals surface area contributed by atoms with Gasteiger partial charge in [0.2, 0.25) is 0 Å². The van der Waals surface area contributed by atoms with Crippen LogP contribution in [0.5, 0.6) is 0 Å². The SMILES string of the molecule is Cc1c(N)cc(Br)cc1C(=O)NC1CCN(C)C(C)C1. The summed E-state index contributed by atoms with van der Waals surface area (Å²) in [6, 6.07) is 4.40. The van der Waals surface area contributed by atoms with E-state index in [1.165, 1.54) is 0 Å². The number of piperidine rings is 1. The Bertz CT molecular complexity index is 518. The Morgan fingerprint density at radius 2 is 2.20 bits per heavy atom. The molecule has 1 aliphatic rings. The molecule has 0 saturated carbocycles. The summed E-state index contributed by atoms with van der Waals surface area (Å²) >= 11 is 3.39. The molecule has 1 saturated heterocycles. The number of benzene rings is 1. The summed E-state index contributed by atoms with van der Waals surface area (Å²) < 4.78 is 0.836. The Morgan fingerprint density at radius 1 is 1.50 bits per heavy atom. The number of nitrogens with zero attached hydrogens (tertiary/aromatic N) is 1. The van der Waals surface area contributed by atoms with Crippen molar-refractivity contribution in [2.75, 3.05) is 19.3 Å². The number of carbonyl (C=O) groups excluding carboxylic acids is 1. The van der Waals surface area contributed by atoms with Gasteiger partial charge < -0.3 is 16.0 Å². The Hall–Kier alpha value is -1.07. The number of hydrogen-bond acceptors (Lipinski definition) is 3. The molecule has 5 heteroatoms. The van der Waals surface area contributed by atoms with Gasteiger partial charge in [-0.1, -0.05) is 15.9 Å². The predicted octanol–water partition coefficient (Wildman–Crippen LogP) is 2.55. The van der Waals surface area contributed by atoms with Crippen LogP contribution in [-0.4, -0.2) is 36.5 Å². The predicted molar refractivity (Wildman–Crippen MR) is 85.9 cm³/mol. The smallest absolute Gasteiger partial charge is 0.251 e. The number of amides is 1. The number of hydrogen-bond donors (Lipinski definition) is 2. The van der Waals surface area contributed by atoms with Crippen molar-refractivity contribution in [3.8, 4) is 0 Å². The first kappa shape index (κ1) is 15.3. The molecule has 1 aromatic rings. The first-order valence-corrected chi connectivity index (χ1v) is 7.74. The van der Waals surface area contributed by atoms with Gasteiger partial charge in [-0.3, -0.25) is 4.79 Å². The number of halogens is 1. The standard InChI is InChI=1S/C15H22BrN3O/c1-9-6-12(4-5-19(9)3)18-15(20)13-7-11(16)8-14(17)10(13)2/h7-9,12H,4-6,17H2,1-3H3,(H,18,20). The molecule has 3 N–H and O–H groups in total. The van der Waals surface area contributed by atoms with Crippen LogP contribution in [0, 0.1) is 6.92 Å². The van der Waals surface area contributed by atoms with E-state index in [-0.39, 0.29) is 11.9 Å². The van der Waals surface area contributed by atoms with Gasteiger partial charge in [-0.05, 0) is 51.4 Å². The Kier molecular flexibility index (Phi) is 4.70. The maximum absolute atomic E-state index is 12.4. The normalized spacial score (nSPS) is 23.6. The van der Waals surface area contributed by atoms with Crippen molar-refractivity contribution in [3.63, 3.8) is 0 Å². The van der Waals surface area contributed by atoms with Gasteiger partial charge in [0.1, 0.15) is 0 Å². The van der Waals surface area contributed by atoms with Crippen LogP contribution in [0.4, 0.5) is 5.69 Å². The lowest BCUT2D eigenvalue weighted by molar-refractivity contribution is 0.0896. The van der Waals surface area contributed by atoms with Crippen LogP contribution < -0.4 is 11.1 Å². The van der Waals surface area contributed by atoms with Gasteiger partial charge in [-0.2, -0.15) is 0 Å². The molecular weight excluding hydrogens is 318 g/mol. The van der Waals surface area contributed by atoms with Crippen molar-refractivity contribution < 1.29 is 4.79 Å². The van der Waals surface area contributed by atoms with Crippen LogP contribution in [0.3, 0.4) is 0 Å². The molecule has 1 amide bonds. The molecule has 1 aromatic carbocycles. The van der Waals surface area contributed by atoms with Gasteiger partial charge in [-0.25, -0.2) is 0 Å². The number of anilines is 1. The monoisotopic (exact) mass is 339 g/mol. The summed E-state index contributed by atoms with van der Waals surface area (Å²) in [5.41, 5.74) is 8.05. The molecule has 0 spiro atoms. The summed E-state index contributed by atoms with van der Waals surface area (Å²) in [7, 11) is 2.13. The fourth-order valence-electron chi connectivity index (χ4n) is 2.62. The average molecular weight is 340 g/mol. The average Bonchev–Trinajstić information content (AvgIpc) is 2.38. The third-order valence-corrected chi connectivity index (χ3v) is 4.66. The zero-order valence-corrected chi connectivity index (χ0v) is 13.8. The molecule has 2 atom stereocenters. The van der Waals surface area contributed by atoms with E-state index in [4.69, 9.17) is 5.73 Å². The van der Waals surface area contributed by atoms with E-state index in [9.17, 15) is 4.79 Å². The molecule has 2 unspecified atom stereocenters. The molecule has 0 aliphatic carbocycles. The molecule has 20 heavy (non-hydrogen) atoms. The molecule has 0 bridgehead atoms. The molecule has 2 rings (SSSR count). The highest BCUT2D eigenvalue weighted by Gasteiger charge is 2.24. The quantitative estimate of drug-likeness (QED) is 0.814. The number of nitrogens with two attached hydrogens (primary N) is 1. The molecular formula is C15H22BrN3O. The summed E-state index contributed by atoms with van der Waals surface area (Å²) in [5, 5.41) is 3.14. The van der Waals surface area contributed by atoms with Gasteiger partial charge in [0, 0.05) is 34.4 Å². The highest BCUT2D eigenvalue weighted by Crippen LogP contribution is 2.23. The molecule has 1 fully saturated rings. The fraction of sp³-hybridized carbons (Fsp3) is 0.533. The molecule has 1 heterocycles. The van der Waals surface area contributed by atoms with Crippen molar-refractivity contribution in [2.45, 2.75) is 38.8 Å². The highest BCUT2D eigenvalue weighted by molar-refractivity contribution is 9.10. The second-order valence-electron chi connectivity index (χ2n) is 5.69. The minimum absolute atomic E-state index is 0.0303. The van der Waals surface area contributed by atoms with Crippen molar-refractivity contribution in [2.24, 2.45) is 0 Å². The molecule has 110 valence electrons. The summed E-state index contributed by atoms with van der Waals surface area (Å²) in [6.07, 6.45) is 1.99. The zero-order chi connectivity index (χ0) is 14.9. The summed E-state index contributed by atoms with van der Waals surface area (Å²) in [6.45, 7) is 5.10. The van der Waals surface area contributed by atoms with Crippen LogP contribution in [0.15, 0.2) is 16.6 Å². The fourth-order valence-corrected chi connectivity index (χ4v) is 3.10. The van der Waals surface area contributed by atoms with E-state index in [0.717, 1.165) is 29.4 Å². The van der Waals surface area contributed by atoms with Crippen LogP contribution in [0.1, 0.15) is 35.7 Å². The lowest BCUT2D eigenvalue weighted by atomic mass is 9.98. The maximum atomic E-state index is 12.4. The van der Waals surface area contributed by atoms with Gasteiger partial charge >= 0.3 is 0 Å². The van der Waals surface area contributed by atoms with E-state index in [0.29, 0.717) is 17.3 Å². The summed E-state index contributed by atoms with van der Waals surface area (Å²) in [4.78, 5) is 14.7. The lowest BCUT2D eigenvalue weighted by Crippen LogP contribution is -2.47. The van der Waals surface area contributed by atoms with Crippen LogP contribution in [0.2, 0.25) is 0 Å². The minimum atomic E-state index is -0.0303. The van der Waals surface area contributed by atoms with Crippen molar-refractivity contribution >= 4 is 27.5 Å². The highest BCUT2D eigenvalue weighted by atomic mass is 79.9. The number of rotatable bonds is 2. The zero-order valence-electron chi connectivity index (χ0n) is 12.2.